The lowest BCUT2D eigenvalue weighted by Gasteiger charge is -2.18. The van der Waals surface area contributed by atoms with Crippen LogP contribution < -0.4 is 15.2 Å². The second kappa shape index (κ2) is 5.24. The summed E-state index contributed by atoms with van der Waals surface area (Å²) in [7, 11) is 3.20. The van der Waals surface area contributed by atoms with Crippen molar-refractivity contribution in [1.82, 2.24) is 0 Å². The molecule has 0 saturated carbocycles. The van der Waals surface area contributed by atoms with Crippen molar-refractivity contribution in [2.45, 2.75) is 12.8 Å². The number of methoxy groups -OCH3 is 2. The van der Waals surface area contributed by atoms with Gasteiger partial charge in [-0.15, -0.1) is 0 Å². The van der Waals surface area contributed by atoms with E-state index in [1.807, 2.05) is 6.92 Å². The van der Waals surface area contributed by atoms with Gasteiger partial charge in [-0.1, -0.05) is 18.5 Å². The van der Waals surface area contributed by atoms with Crippen molar-refractivity contribution in [2.24, 2.45) is 5.73 Å². The van der Waals surface area contributed by atoms with Crippen molar-refractivity contribution in [1.29, 1.82) is 0 Å². The van der Waals surface area contributed by atoms with E-state index in [-0.39, 0.29) is 5.92 Å². The van der Waals surface area contributed by atoms with Gasteiger partial charge >= 0.3 is 0 Å². The fraction of sp³-hybridized carbons (Fsp3) is 0.455. The summed E-state index contributed by atoms with van der Waals surface area (Å²) in [5.74, 6) is 1.49. The highest BCUT2D eigenvalue weighted by molar-refractivity contribution is 6.31. The summed E-state index contributed by atoms with van der Waals surface area (Å²) in [6, 6.07) is 3.58. The lowest BCUT2D eigenvalue weighted by atomic mass is 9.99. The maximum Gasteiger partial charge on any atom is 0.165 e. The van der Waals surface area contributed by atoms with E-state index in [4.69, 9.17) is 26.8 Å². The third-order valence-electron chi connectivity index (χ3n) is 2.38. The fourth-order valence-electron chi connectivity index (χ4n) is 1.50. The molecule has 15 heavy (non-hydrogen) atoms. The Hall–Kier alpha value is -0.930. The molecule has 3 nitrogen and oxygen atoms in total. The van der Waals surface area contributed by atoms with Crippen molar-refractivity contribution in [3.8, 4) is 11.5 Å². The first-order chi connectivity index (χ1) is 7.15. The summed E-state index contributed by atoms with van der Waals surface area (Å²) in [6.07, 6.45) is 0. The zero-order valence-corrected chi connectivity index (χ0v) is 9.97. The standard InChI is InChI=1S/C11H16ClNO2/c1-7(6-13)10-8(12)4-5-9(14-2)11(10)15-3/h4-5,7H,6,13H2,1-3H3. The normalized spacial score (nSPS) is 12.3. The zero-order valence-electron chi connectivity index (χ0n) is 9.21. The van der Waals surface area contributed by atoms with Crippen molar-refractivity contribution >= 4 is 11.6 Å². The molecule has 4 heteroatoms. The van der Waals surface area contributed by atoms with Gasteiger partial charge in [-0.2, -0.15) is 0 Å². The van der Waals surface area contributed by atoms with Crippen molar-refractivity contribution < 1.29 is 9.47 Å². The molecule has 0 radical (unpaired) electrons. The van der Waals surface area contributed by atoms with Gasteiger partial charge in [0, 0.05) is 10.6 Å². The van der Waals surface area contributed by atoms with Crippen LogP contribution in [-0.2, 0) is 0 Å². The van der Waals surface area contributed by atoms with Gasteiger partial charge in [0.2, 0.25) is 0 Å². The molecule has 0 aromatic heterocycles. The minimum absolute atomic E-state index is 0.141. The van der Waals surface area contributed by atoms with Gasteiger partial charge in [0.05, 0.1) is 14.2 Å². The molecule has 1 atom stereocenters. The largest absolute Gasteiger partial charge is 0.493 e. The van der Waals surface area contributed by atoms with E-state index < -0.39 is 0 Å². The van der Waals surface area contributed by atoms with Crippen LogP contribution in [0.5, 0.6) is 11.5 Å². The first kappa shape index (κ1) is 12.1. The molecule has 0 bridgehead atoms. The third kappa shape index (κ3) is 2.36. The Morgan fingerprint density at radius 3 is 2.47 bits per heavy atom. The van der Waals surface area contributed by atoms with Gasteiger partial charge in [0.1, 0.15) is 0 Å². The molecule has 0 aliphatic carbocycles. The topological polar surface area (TPSA) is 44.5 Å². The lowest BCUT2D eigenvalue weighted by molar-refractivity contribution is 0.350. The van der Waals surface area contributed by atoms with Gasteiger partial charge in [-0.3, -0.25) is 0 Å². The van der Waals surface area contributed by atoms with Crippen LogP contribution in [0.15, 0.2) is 12.1 Å². The predicted octanol–water partition coefficient (Wildman–Crippen LogP) is 2.42. The van der Waals surface area contributed by atoms with Crippen LogP contribution in [0.3, 0.4) is 0 Å². The molecular weight excluding hydrogens is 214 g/mol. The van der Waals surface area contributed by atoms with Gasteiger partial charge in [0.15, 0.2) is 11.5 Å². The van der Waals surface area contributed by atoms with Crippen molar-refractivity contribution in [2.75, 3.05) is 20.8 Å². The fourth-order valence-corrected chi connectivity index (χ4v) is 1.84. The van der Waals surface area contributed by atoms with Crippen LogP contribution in [0.4, 0.5) is 0 Å². The first-order valence-electron chi connectivity index (χ1n) is 4.76. The maximum absolute atomic E-state index is 6.12. The van der Waals surface area contributed by atoms with E-state index in [0.717, 1.165) is 5.56 Å². The zero-order chi connectivity index (χ0) is 11.4. The summed E-state index contributed by atoms with van der Waals surface area (Å²) in [5.41, 5.74) is 6.54. The number of rotatable bonds is 4. The molecular formula is C11H16ClNO2. The summed E-state index contributed by atoms with van der Waals surface area (Å²) >= 11 is 6.12. The molecule has 0 spiro atoms. The lowest BCUT2D eigenvalue weighted by Crippen LogP contribution is -2.11. The van der Waals surface area contributed by atoms with Crippen LogP contribution in [0.1, 0.15) is 18.4 Å². The van der Waals surface area contributed by atoms with Crippen LogP contribution in [0.25, 0.3) is 0 Å². The Morgan fingerprint density at radius 2 is 2.00 bits per heavy atom. The molecule has 0 amide bonds. The molecule has 0 aliphatic rings. The summed E-state index contributed by atoms with van der Waals surface area (Å²) in [5, 5.41) is 0.658. The minimum Gasteiger partial charge on any atom is -0.493 e. The molecule has 1 aromatic rings. The third-order valence-corrected chi connectivity index (χ3v) is 2.71. The Kier molecular flexibility index (Phi) is 4.24. The SMILES string of the molecule is COc1ccc(Cl)c(C(C)CN)c1OC. The van der Waals surface area contributed by atoms with Crippen molar-refractivity contribution in [3.63, 3.8) is 0 Å². The maximum atomic E-state index is 6.12. The highest BCUT2D eigenvalue weighted by Gasteiger charge is 2.18. The Morgan fingerprint density at radius 1 is 1.33 bits per heavy atom. The summed E-state index contributed by atoms with van der Waals surface area (Å²) in [4.78, 5) is 0. The molecule has 84 valence electrons. The highest BCUT2D eigenvalue weighted by atomic mass is 35.5. The second-order valence-electron chi connectivity index (χ2n) is 3.33. The molecule has 1 aromatic carbocycles. The van der Waals surface area contributed by atoms with Crippen LogP contribution in [0.2, 0.25) is 5.02 Å². The smallest absolute Gasteiger partial charge is 0.165 e. The van der Waals surface area contributed by atoms with Gasteiger partial charge in [-0.05, 0) is 24.6 Å². The van der Waals surface area contributed by atoms with Gasteiger partial charge in [-0.25, -0.2) is 0 Å². The molecule has 0 heterocycles. The van der Waals surface area contributed by atoms with Gasteiger partial charge < -0.3 is 15.2 Å². The van der Waals surface area contributed by atoms with E-state index in [0.29, 0.717) is 23.1 Å². The Balaban J connectivity index is 3.31. The van der Waals surface area contributed by atoms with E-state index in [2.05, 4.69) is 0 Å². The van der Waals surface area contributed by atoms with E-state index in [1.54, 1.807) is 26.4 Å². The van der Waals surface area contributed by atoms with E-state index in [9.17, 15) is 0 Å². The van der Waals surface area contributed by atoms with Crippen molar-refractivity contribution in [3.05, 3.63) is 22.7 Å². The molecule has 2 N–H and O–H groups in total. The van der Waals surface area contributed by atoms with E-state index in [1.165, 1.54) is 0 Å². The molecule has 0 saturated heterocycles. The predicted molar refractivity (Wildman–Crippen MR) is 62.0 cm³/mol. The highest BCUT2D eigenvalue weighted by Crippen LogP contribution is 2.39. The first-order valence-corrected chi connectivity index (χ1v) is 5.13. The number of hydrogen-bond acceptors (Lipinski definition) is 3. The minimum atomic E-state index is 0.141. The monoisotopic (exact) mass is 229 g/mol. The van der Waals surface area contributed by atoms with Crippen LogP contribution >= 0.6 is 11.6 Å². The quantitative estimate of drug-likeness (QED) is 0.863. The summed E-state index contributed by atoms with van der Waals surface area (Å²) in [6.45, 7) is 2.52. The summed E-state index contributed by atoms with van der Waals surface area (Å²) < 4.78 is 10.5. The number of halogens is 1. The number of nitrogens with two attached hydrogens (primary N) is 1. The molecule has 1 unspecified atom stereocenters. The average molecular weight is 230 g/mol. The average Bonchev–Trinajstić information content (AvgIpc) is 2.27. The number of ether oxygens (including phenoxy) is 2. The van der Waals surface area contributed by atoms with Gasteiger partial charge in [0.25, 0.3) is 0 Å². The van der Waals surface area contributed by atoms with Crippen LogP contribution in [0, 0.1) is 0 Å². The van der Waals surface area contributed by atoms with Crippen LogP contribution in [-0.4, -0.2) is 20.8 Å². The molecule has 0 fully saturated rings. The number of hydrogen-bond donors (Lipinski definition) is 1. The Labute approximate surface area is 95.1 Å². The second-order valence-corrected chi connectivity index (χ2v) is 3.74. The molecule has 1 rings (SSSR count). The molecule has 0 aliphatic heterocycles. The Bertz CT molecular complexity index is 342. The van der Waals surface area contributed by atoms with E-state index >= 15 is 0 Å². The number of benzene rings is 1.